The van der Waals surface area contributed by atoms with E-state index in [0.29, 0.717) is 5.11 Å². The molecule has 2 N–H and O–H groups in total. The first-order chi connectivity index (χ1) is 6.72. The summed E-state index contributed by atoms with van der Waals surface area (Å²) in [5, 5.41) is 7.27. The Morgan fingerprint density at radius 2 is 2.36 bits per heavy atom. The Morgan fingerprint density at radius 1 is 1.57 bits per heavy atom. The molecule has 0 spiro atoms. The topological polar surface area (TPSA) is 36.4 Å². The summed E-state index contributed by atoms with van der Waals surface area (Å²) in [4.78, 5) is 0. The maximum absolute atomic E-state index is 4.99. The minimum atomic E-state index is 0.473. The van der Waals surface area contributed by atoms with E-state index in [1.165, 1.54) is 0 Å². The molecule has 14 heavy (non-hydrogen) atoms. The highest BCUT2D eigenvalue weighted by molar-refractivity contribution is 9.10. The van der Waals surface area contributed by atoms with E-state index in [2.05, 4.69) is 31.8 Å². The van der Waals surface area contributed by atoms with Crippen LogP contribution in [0.15, 0.2) is 33.8 Å². The van der Waals surface area contributed by atoms with Crippen LogP contribution in [0.3, 0.4) is 0 Å². The van der Waals surface area contributed by atoms with Crippen molar-refractivity contribution < 1.29 is 0 Å². The molecule has 0 unspecified atom stereocenters. The highest BCUT2D eigenvalue weighted by Gasteiger charge is 1.95. The number of hydrogen-bond acceptors (Lipinski definition) is 2. The van der Waals surface area contributed by atoms with Crippen molar-refractivity contribution >= 4 is 45.2 Å². The van der Waals surface area contributed by atoms with Gasteiger partial charge in [-0.3, -0.25) is 5.43 Å². The Labute approximate surface area is 96.7 Å². The van der Waals surface area contributed by atoms with Crippen LogP contribution in [0.5, 0.6) is 0 Å². The highest BCUT2D eigenvalue weighted by Crippen LogP contribution is 2.15. The zero-order valence-electron chi connectivity index (χ0n) is 7.62. The third-order valence-electron chi connectivity index (χ3n) is 1.38. The van der Waals surface area contributed by atoms with Gasteiger partial charge < -0.3 is 5.32 Å². The molecule has 0 aromatic heterocycles. The van der Waals surface area contributed by atoms with Crippen LogP contribution in [0.25, 0.3) is 0 Å². The van der Waals surface area contributed by atoms with Crippen LogP contribution in [0, 0.1) is 0 Å². The van der Waals surface area contributed by atoms with Gasteiger partial charge in [0.05, 0.1) is 0 Å². The maximum Gasteiger partial charge on any atom is 0.191 e. The zero-order chi connectivity index (χ0) is 10.4. The van der Waals surface area contributed by atoms with Crippen molar-refractivity contribution in [3.8, 4) is 0 Å². The SMILES string of the molecule is C/C=N/NC(=S)Nc1cccc(Br)c1. The average Bonchev–Trinajstić information content (AvgIpc) is 2.15. The predicted octanol–water partition coefficient (Wildman–Crippen LogP) is 2.74. The summed E-state index contributed by atoms with van der Waals surface area (Å²) in [6.45, 7) is 1.81. The molecule has 0 fully saturated rings. The van der Waals surface area contributed by atoms with Crippen LogP contribution in [-0.2, 0) is 0 Å². The van der Waals surface area contributed by atoms with Crippen molar-refractivity contribution in [1.29, 1.82) is 0 Å². The average molecular weight is 272 g/mol. The molecule has 1 aromatic carbocycles. The fraction of sp³-hybridized carbons (Fsp3) is 0.111. The van der Waals surface area contributed by atoms with Crippen molar-refractivity contribution in [2.24, 2.45) is 5.10 Å². The summed E-state index contributed by atoms with van der Waals surface area (Å²) in [5.74, 6) is 0. The Bertz CT molecular complexity index is 352. The molecule has 0 amide bonds. The first-order valence-corrected chi connectivity index (χ1v) is 5.22. The summed E-state index contributed by atoms with van der Waals surface area (Å²) < 4.78 is 1.00. The van der Waals surface area contributed by atoms with Gasteiger partial charge in [-0.05, 0) is 37.3 Å². The standard InChI is InChI=1S/C9H10BrN3S/c1-2-11-13-9(14)12-8-5-3-4-7(10)6-8/h2-6H,1H3,(H2,12,13,14)/b11-2+. The summed E-state index contributed by atoms with van der Waals surface area (Å²) >= 11 is 8.36. The molecule has 0 aliphatic heterocycles. The first-order valence-electron chi connectivity index (χ1n) is 4.02. The fourth-order valence-electron chi connectivity index (χ4n) is 0.848. The number of benzene rings is 1. The molecule has 0 aliphatic carbocycles. The summed E-state index contributed by atoms with van der Waals surface area (Å²) in [7, 11) is 0. The molecule has 3 nitrogen and oxygen atoms in total. The van der Waals surface area contributed by atoms with E-state index < -0.39 is 0 Å². The zero-order valence-corrected chi connectivity index (χ0v) is 10.0. The van der Waals surface area contributed by atoms with Crippen LogP contribution in [-0.4, -0.2) is 11.3 Å². The van der Waals surface area contributed by atoms with Gasteiger partial charge >= 0.3 is 0 Å². The molecule has 5 heteroatoms. The lowest BCUT2D eigenvalue weighted by Crippen LogP contribution is -2.23. The summed E-state index contributed by atoms with van der Waals surface area (Å²) in [6.07, 6.45) is 1.63. The highest BCUT2D eigenvalue weighted by atomic mass is 79.9. The summed E-state index contributed by atoms with van der Waals surface area (Å²) in [5.41, 5.74) is 3.59. The Kier molecular flexibility index (Phi) is 4.55. The van der Waals surface area contributed by atoms with Crippen LogP contribution in [0.1, 0.15) is 6.92 Å². The third kappa shape index (κ3) is 3.85. The van der Waals surface area contributed by atoms with Gasteiger partial charge in [-0.25, -0.2) is 0 Å². The van der Waals surface area contributed by atoms with E-state index in [-0.39, 0.29) is 0 Å². The molecule has 0 saturated heterocycles. The van der Waals surface area contributed by atoms with Crippen molar-refractivity contribution in [3.63, 3.8) is 0 Å². The van der Waals surface area contributed by atoms with Gasteiger partial charge in [0.2, 0.25) is 0 Å². The van der Waals surface area contributed by atoms with Crippen molar-refractivity contribution in [1.82, 2.24) is 5.43 Å². The number of hydrogen-bond donors (Lipinski definition) is 2. The van der Waals surface area contributed by atoms with Crippen LogP contribution < -0.4 is 10.7 Å². The lowest BCUT2D eigenvalue weighted by Gasteiger charge is -2.06. The monoisotopic (exact) mass is 271 g/mol. The van der Waals surface area contributed by atoms with Gasteiger partial charge in [-0.2, -0.15) is 5.10 Å². The molecule has 1 aromatic rings. The minimum absolute atomic E-state index is 0.473. The Hall–Kier alpha value is -0.940. The number of anilines is 1. The quantitative estimate of drug-likeness (QED) is 0.494. The second-order valence-electron chi connectivity index (χ2n) is 2.46. The molecule has 1 rings (SSSR count). The Balaban J connectivity index is 2.56. The lowest BCUT2D eigenvalue weighted by atomic mass is 10.3. The molecule has 0 bridgehead atoms. The van der Waals surface area contributed by atoms with Crippen LogP contribution in [0.2, 0.25) is 0 Å². The smallest absolute Gasteiger partial charge is 0.191 e. The number of thiocarbonyl (C=S) groups is 1. The van der Waals surface area contributed by atoms with E-state index >= 15 is 0 Å². The number of halogens is 1. The fourth-order valence-corrected chi connectivity index (χ4v) is 1.42. The van der Waals surface area contributed by atoms with Gasteiger partial charge in [0.1, 0.15) is 0 Å². The molecule has 0 saturated carbocycles. The lowest BCUT2D eigenvalue weighted by molar-refractivity contribution is 1.05. The third-order valence-corrected chi connectivity index (χ3v) is 2.06. The van der Waals surface area contributed by atoms with Crippen molar-refractivity contribution in [2.75, 3.05) is 5.32 Å². The van der Waals surface area contributed by atoms with Crippen molar-refractivity contribution in [2.45, 2.75) is 6.92 Å². The van der Waals surface area contributed by atoms with E-state index in [4.69, 9.17) is 12.2 Å². The van der Waals surface area contributed by atoms with Gasteiger partial charge in [0, 0.05) is 16.4 Å². The van der Waals surface area contributed by atoms with E-state index in [9.17, 15) is 0 Å². The molecule has 0 heterocycles. The van der Waals surface area contributed by atoms with E-state index in [0.717, 1.165) is 10.2 Å². The molecule has 74 valence electrons. The van der Waals surface area contributed by atoms with Crippen LogP contribution in [0.4, 0.5) is 5.69 Å². The first kappa shape index (κ1) is 11.1. The van der Waals surface area contributed by atoms with E-state index in [1.54, 1.807) is 6.21 Å². The molecular weight excluding hydrogens is 262 g/mol. The Morgan fingerprint density at radius 3 is 3.00 bits per heavy atom. The van der Waals surface area contributed by atoms with Gasteiger partial charge in [-0.15, -0.1) is 0 Å². The number of hydrazone groups is 1. The second-order valence-corrected chi connectivity index (χ2v) is 3.79. The molecule has 0 aliphatic rings. The number of rotatable bonds is 2. The minimum Gasteiger partial charge on any atom is -0.331 e. The van der Waals surface area contributed by atoms with Gasteiger partial charge in [-0.1, -0.05) is 22.0 Å². The van der Waals surface area contributed by atoms with E-state index in [1.807, 2.05) is 31.2 Å². The summed E-state index contributed by atoms with van der Waals surface area (Å²) in [6, 6.07) is 7.74. The predicted molar refractivity (Wildman–Crippen MR) is 67.7 cm³/mol. The normalized spacial score (nSPS) is 10.1. The molecular formula is C9H10BrN3S. The maximum atomic E-state index is 4.99. The second kappa shape index (κ2) is 5.72. The molecule has 0 radical (unpaired) electrons. The molecule has 0 atom stereocenters. The van der Waals surface area contributed by atoms with Gasteiger partial charge in [0.15, 0.2) is 5.11 Å². The van der Waals surface area contributed by atoms with Crippen LogP contribution >= 0.6 is 28.1 Å². The number of nitrogens with one attached hydrogen (secondary N) is 2. The number of nitrogens with zero attached hydrogens (tertiary/aromatic N) is 1. The largest absolute Gasteiger partial charge is 0.331 e. The van der Waals surface area contributed by atoms with Gasteiger partial charge in [0.25, 0.3) is 0 Å². The van der Waals surface area contributed by atoms with Crippen molar-refractivity contribution in [3.05, 3.63) is 28.7 Å².